The maximum Gasteiger partial charge on any atom is 0.514 e. The summed E-state index contributed by atoms with van der Waals surface area (Å²) in [5, 5.41) is 0.316. The number of halogens is 4. The Kier molecular flexibility index (Phi) is 13.9. The van der Waals surface area contributed by atoms with Gasteiger partial charge in [0.15, 0.2) is 18.1 Å². The van der Waals surface area contributed by atoms with Gasteiger partial charge in [0.25, 0.3) is 0 Å². The van der Waals surface area contributed by atoms with Gasteiger partial charge in [-0.25, -0.2) is 22.8 Å². The quantitative estimate of drug-likeness (QED) is 0.0686. The number of hydrogen-bond acceptors (Lipinski definition) is 12. The van der Waals surface area contributed by atoms with Crippen molar-refractivity contribution >= 4 is 57.0 Å². The van der Waals surface area contributed by atoms with E-state index in [1.54, 1.807) is 20.8 Å². The molecule has 2 aromatic carbocycles. The summed E-state index contributed by atoms with van der Waals surface area (Å²) in [5.74, 6) is -2.09. The summed E-state index contributed by atoms with van der Waals surface area (Å²) < 4.78 is 85.3. The van der Waals surface area contributed by atoms with Gasteiger partial charge in [-0.15, -0.1) is 0 Å². The van der Waals surface area contributed by atoms with E-state index in [2.05, 4.69) is 9.72 Å². The molecule has 13 nitrogen and oxygen atoms in total. The molecule has 0 unspecified atom stereocenters. The first-order chi connectivity index (χ1) is 26.4. The van der Waals surface area contributed by atoms with Crippen molar-refractivity contribution in [3.63, 3.8) is 0 Å². The highest BCUT2D eigenvalue weighted by Gasteiger charge is 2.30. The fourth-order valence-electron chi connectivity index (χ4n) is 5.44. The highest BCUT2D eigenvalue weighted by atomic mass is 35.5. The molecule has 1 heterocycles. The second-order valence-electron chi connectivity index (χ2n) is 14.5. The molecule has 304 valence electrons. The number of nitrogens with zero attached hydrogens (tertiary/aromatic N) is 2. The van der Waals surface area contributed by atoms with Crippen molar-refractivity contribution in [2.24, 2.45) is 11.8 Å². The summed E-state index contributed by atoms with van der Waals surface area (Å²) in [6.07, 6.45) is 5.72. The van der Waals surface area contributed by atoms with Crippen LogP contribution >= 0.6 is 23.2 Å². The number of benzene rings is 2. The molecule has 0 N–H and O–H groups in total. The molecule has 0 saturated heterocycles. The van der Waals surface area contributed by atoms with Crippen LogP contribution in [-0.2, 0) is 35.4 Å². The minimum absolute atomic E-state index is 0.00762. The normalized spacial score (nSPS) is 14.8. The summed E-state index contributed by atoms with van der Waals surface area (Å²) in [5.41, 5.74) is -0.582. The number of ether oxygens (including phenoxy) is 6. The molecule has 2 fully saturated rings. The second-order valence-corrected chi connectivity index (χ2v) is 17.2. The van der Waals surface area contributed by atoms with Crippen LogP contribution in [0.3, 0.4) is 0 Å². The molecule has 2 saturated carbocycles. The summed E-state index contributed by atoms with van der Waals surface area (Å²) in [7, 11) is -3.80. The molecule has 56 heavy (non-hydrogen) atoms. The van der Waals surface area contributed by atoms with Crippen molar-refractivity contribution in [3.05, 3.63) is 75.5 Å². The average Bonchev–Trinajstić information content (AvgIpc) is 4.03. The second kappa shape index (κ2) is 18.2. The first-order valence-corrected chi connectivity index (χ1v) is 20.4. The molecule has 2 aliphatic carbocycles. The largest absolute Gasteiger partial charge is 0.514 e. The first kappa shape index (κ1) is 42.7. The predicted molar refractivity (Wildman–Crippen MR) is 201 cm³/mol. The Hall–Kier alpha value is -4.41. The van der Waals surface area contributed by atoms with E-state index in [1.807, 2.05) is 0 Å². The summed E-state index contributed by atoms with van der Waals surface area (Å²) >= 11 is 12.8. The van der Waals surface area contributed by atoms with E-state index < -0.39 is 53.0 Å². The third-order valence-electron chi connectivity index (χ3n) is 8.56. The van der Waals surface area contributed by atoms with Crippen LogP contribution in [0.15, 0.2) is 48.8 Å². The fourth-order valence-corrected chi connectivity index (χ4v) is 6.89. The SMILES string of the molecule is CC(C)(C)OC(=O)Oc1ccc(N(CCC2CC2)S(C)(=O)=O)cc1C(=O)OCC(=O)O[C@@H](Cc1c(Cl)cncc1Cl)c1ccc(OC(F)F)c(OCC2CC2)c1. The van der Waals surface area contributed by atoms with Crippen LogP contribution in [0.4, 0.5) is 19.3 Å². The van der Waals surface area contributed by atoms with E-state index in [0.717, 1.165) is 36.2 Å². The van der Waals surface area contributed by atoms with Crippen LogP contribution in [0.1, 0.15) is 80.5 Å². The van der Waals surface area contributed by atoms with Gasteiger partial charge in [0.1, 0.15) is 23.0 Å². The van der Waals surface area contributed by atoms with Crippen LogP contribution < -0.4 is 18.5 Å². The van der Waals surface area contributed by atoms with E-state index in [9.17, 15) is 31.6 Å². The molecule has 0 radical (unpaired) electrons. The van der Waals surface area contributed by atoms with Gasteiger partial charge < -0.3 is 28.4 Å². The highest BCUT2D eigenvalue weighted by Crippen LogP contribution is 2.38. The van der Waals surface area contributed by atoms with Gasteiger partial charge in [-0.05, 0) is 93.3 Å². The Morgan fingerprint density at radius 1 is 0.946 bits per heavy atom. The Bertz CT molecular complexity index is 2000. The minimum Gasteiger partial charge on any atom is -0.489 e. The predicted octanol–water partition coefficient (Wildman–Crippen LogP) is 8.34. The minimum atomic E-state index is -3.80. The van der Waals surface area contributed by atoms with Gasteiger partial charge >= 0.3 is 24.7 Å². The van der Waals surface area contributed by atoms with Crippen LogP contribution in [-0.4, -0.2) is 69.7 Å². The van der Waals surface area contributed by atoms with Crippen LogP contribution in [0.2, 0.25) is 10.0 Å². The first-order valence-electron chi connectivity index (χ1n) is 17.7. The van der Waals surface area contributed by atoms with Crippen LogP contribution in [0.25, 0.3) is 0 Å². The molecule has 2 aliphatic rings. The number of anilines is 1. The number of carbonyl (C=O) groups excluding carboxylic acids is 3. The number of sulfonamides is 1. The molecule has 0 spiro atoms. The smallest absolute Gasteiger partial charge is 0.489 e. The topological polar surface area (TPSA) is 157 Å². The lowest BCUT2D eigenvalue weighted by atomic mass is 10.0. The Labute approximate surface area is 333 Å². The number of rotatable bonds is 18. The lowest BCUT2D eigenvalue weighted by Gasteiger charge is -2.24. The zero-order valence-corrected chi connectivity index (χ0v) is 33.4. The molecule has 18 heteroatoms. The van der Waals surface area contributed by atoms with E-state index in [1.165, 1.54) is 48.8 Å². The van der Waals surface area contributed by atoms with Crippen LogP contribution in [0.5, 0.6) is 17.2 Å². The van der Waals surface area contributed by atoms with Gasteiger partial charge in [0.05, 0.1) is 28.6 Å². The molecular formula is C38H42Cl2F2N2O11S. The van der Waals surface area contributed by atoms with E-state index in [0.29, 0.717) is 17.9 Å². The number of esters is 2. The van der Waals surface area contributed by atoms with Crippen molar-refractivity contribution < 1.29 is 60.0 Å². The van der Waals surface area contributed by atoms with E-state index in [4.69, 9.17) is 46.9 Å². The fraction of sp³-hybridized carbons (Fsp3) is 0.474. The van der Waals surface area contributed by atoms with Crippen molar-refractivity contribution in [1.29, 1.82) is 0 Å². The van der Waals surface area contributed by atoms with Gasteiger partial charge in [-0.1, -0.05) is 42.1 Å². The number of carbonyl (C=O) groups is 3. The van der Waals surface area contributed by atoms with Crippen molar-refractivity contribution in [1.82, 2.24) is 4.98 Å². The maximum atomic E-state index is 13.6. The summed E-state index contributed by atoms with van der Waals surface area (Å²) in [4.78, 5) is 43.6. The molecule has 0 bridgehead atoms. The molecule has 1 atom stereocenters. The molecule has 1 aromatic heterocycles. The number of pyridine rings is 1. The molecule has 0 amide bonds. The monoisotopic (exact) mass is 842 g/mol. The Morgan fingerprint density at radius 2 is 1.61 bits per heavy atom. The van der Waals surface area contributed by atoms with Crippen molar-refractivity contribution in [3.8, 4) is 17.2 Å². The van der Waals surface area contributed by atoms with Gasteiger partial charge in [0, 0.05) is 25.4 Å². The third kappa shape index (κ3) is 12.8. The maximum absolute atomic E-state index is 13.6. The lowest BCUT2D eigenvalue weighted by molar-refractivity contribution is -0.153. The average molecular weight is 844 g/mol. The zero-order chi connectivity index (χ0) is 40.8. The van der Waals surface area contributed by atoms with E-state index in [-0.39, 0.29) is 69.6 Å². The number of hydrogen-bond donors (Lipinski definition) is 0. The van der Waals surface area contributed by atoms with Gasteiger partial charge in [-0.3, -0.25) is 9.29 Å². The number of alkyl halides is 2. The van der Waals surface area contributed by atoms with Crippen molar-refractivity contribution in [2.75, 3.05) is 30.3 Å². The zero-order valence-electron chi connectivity index (χ0n) is 31.1. The lowest BCUT2D eigenvalue weighted by Crippen LogP contribution is -2.31. The molecular weight excluding hydrogens is 801 g/mol. The Morgan fingerprint density at radius 3 is 2.21 bits per heavy atom. The van der Waals surface area contributed by atoms with Crippen LogP contribution in [0, 0.1) is 11.8 Å². The standard InChI is InChI=1S/C38H42Cl2F2N2O11S/c1-38(2,3)55-37(47)54-30-12-10-25(44(56(4,48)49)14-13-22-5-6-22)16-27(30)35(46)51-21-34(45)52-32(17-26-28(39)18-43-19-29(26)40)24-9-11-31(53-36(41)42)33(15-24)50-20-23-7-8-23/h9-12,15-16,18-19,22-23,32,36H,5-8,13-14,17,20-21H2,1-4H3/t32-/m0/s1. The van der Waals surface area contributed by atoms with Crippen molar-refractivity contribution in [2.45, 2.75) is 77.6 Å². The third-order valence-corrected chi connectivity index (χ3v) is 10.4. The molecule has 3 aromatic rings. The molecule has 5 rings (SSSR count). The molecule has 0 aliphatic heterocycles. The van der Waals surface area contributed by atoms with Gasteiger partial charge in [0.2, 0.25) is 10.0 Å². The summed E-state index contributed by atoms with van der Waals surface area (Å²) in [6, 6.07) is 7.84. The Balaban J connectivity index is 1.40. The highest BCUT2D eigenvalue weighted by molar-refractivity contribution is 7.92. The van der Waals surface area contributed by atoms with E-state index >= 15 is 0 Å². The van der Waals surface area contributed by atoms with Gasteiger partial charge in [-0.2, -0.15) is 8.78 Å². The summed E-state index contributed by atoms with van der Waals surface area (Å²) in [6.45, 7) is 1.15. The number of aromatic nitrogens is 1.